The summed E-state index contributed by atoms with van der Waals surface area (Å²) < 4.78 is 49.6. The first kappa shape index (κ1) is 19.2. The molecule has 2 heterocycles. The predicted molar refractivity (Wildman–Crippen MR) is 93.9 cm³/mol. The number of halogens is 3. The number of pyridine rings is 1. The number of hydrogen-bond acceptors (Lipinski definition) is 5. The van der Waals surface area contributed by atoms with Crippen molar-refractivity contribution in [3.8, 4) is 0 Å². The summed E-state index contributed by atoms with van der Waals surface area (Å²) in [5.74, 6) is 0.287. The lowest BCUT2D eigenvalue weighted by atomic mass is 9.80. The van der Waals surface area contributed by atoms with Crippen molar-refractivity contribution in [2.75, 3.05) is 11.9 Å². The average molecular weight is 369 g/mol. The molecule has 26 heavy (non-hydrogen) atoms. The molecule has 142 valence electrons. The Morgan fingerprint density at radius 2 is 1.88 bits per heavy atom. The molecular formula is C17H23BF3N3O2. The normalized spacial score (nSPS) is 26.7. The van der Waals surface area contributed by atoms with Crippen LogP contribution < -0.4 is 5.32 Å². The maximum absolute atomic E-state index is 12.5. The van der Waals surface area contributed by atoms with Gasteiger partial charge in [-0.2, -0.15) is 13.2 Å². The molecular weight excluding hydrogens is 346 g/mol. The zero-order chi connectivity index (χ0) is 19.3. The van der Waals surface area contributed by atoms with Crippen LogP contribution in [0.3, 0.4) is 0 Å². The van der Waals surface area contributed by atoms with E-state index in [4.69, 9.17) is 14.7 Å². The van der Waals surface area contributed by atoms with E-state index in [-0.39, 0.29) is 24.7 Å². The van der Waals surface area contributed by atoms with Gasteiger partial charge in [-0.1, -0.05) is 0 Å². The molecule has 9 heteroatoms. The van der Waals surface area contributed by atoms with Crippen LogP contribution in [0.2, 0.25) is 5.82 Å². The van der Waals surface area contributed by atoms with Crippen molar-refractivity contribution in [3.63, 3.8) is 0 Å². The Balaban J connectivity index is 1.72. The summed E-state index contributed by atoms with van der Waals surface area (Å²) in [4.78, 5) is 4.33. The van der Waals surface area contributed by atoms with Crippen LogP contribution >= 0.6 is 0 Å². The summed E-state index contributed by atoms with van der Waals surface area (Å²) in [6, 6.07) is 3.38. The maximum Gasteiger partial charge on any atom is 0.461 e. The Morgan fingerprint density at radius 1 is 1.27 bits per heavy atom. The Bertz CT molecular complexity index is 693. The fraction of sp³-hybridized carbons (Fsp3) is 0.647. The Hall–Kier alpha value is -1.61. The van der Waals surface area contributed by atoms with Crippen molar-refractivity contribution in [2.24, 2.45) is 0 Å². The molecule has 1 saturated heterocycles. The van der Waals surface area contributed by atoms with Crippen molar-refractivity contribution in [1.29, 1.82) is 5.41 Å². The van der Waals surface area contributed by atoms with Gasteiger partial charge in [0.25, 0.3) is 0 Å². The SMILES string of the molecule is CC1(C)OB(C2C[C@@H]2c2ccc(C=N)c(NCC(F)(F)F)n2)OC1(C)C. The molecule has 1 saturated carbocycles. The summed E-state index contributed by atoms with van der Waals surface area (Å²) >= 11 is 0. The van der Waals surface area contributed by atoms with Crippen LogP contribution in [0.1, 0.15) is 51.3 Å². The third-order valence-electron chi connectivity index (χ3n) is 5.40. The highest BCUT2D eigenvalue weighted by molar-refractivity contribution is 6.49. The highest BCUT2D eigenvalue weighted by Crippen LogP contribution is 2.58. The van der Waals surface area contributed by atoms with E-state index in [0.717, 1.165) is 12.6 Å². The van der Waals surface area contributed by atoms with Crippen molar-refractivity contribution >= 4 is 19.2 Å². The van der Waals surface area contributed by atoms with Gasteiger partial charge in [0.2, 0.25) is 0 Å². The minimum atomic E-state index is -4.35. The molecule has 1 aromatic rings. The first-order valence-corrected chi connectivity index (χ1v) is 8.61. The molecule has 0 bridgehead atoms. The van der Waals surface area contributed by atoms with E-state index in [2.05, 4.69) is 10.3 Å². The topological polar surface area (TPSA) is 67.2 Å². The Morgan fingerprint density at radius 3 is 2.42 bits per heavy atom. The molecule has 1 aliphatic carbocycles. The number of alkyl halides is 3. The number of aromatic nitrogens is 1. The third kappa shape index (κ3) is 3.73. The van der Waals surface area contributed by atoms with Gasteiger partial charge in [0.05, 0.1) is 11.2 Å². The number of nitrogens with one attached hydrogen (secondary N) is 2. The molecule has 5 nitrogen and oxygen atoms in total. The molecule has 3 rings (SSSR count). The van der Waals surface area contributed by atoms with Crippen molar-refractivity contribution in [1.82, 2.24) is 4.98 Å². The lowest BCUT2D eigenvalue weighted by Crippen LogP contribution is -2.41. The second-order valence-electron chi connectivity index (χ2n) is 7.92. The summed E-state index contributed by atoms with van der Waals surface area (Å²) in [5.41, 5.74) is 0.189. The molecule has 2 atom stereocenters. The standard InChI is InChI=1S/C17H23BF3N3O2/c1-15(2)16(3,4)26-18(25-15)12-7-11(12)13-6-5-10(8-22)14(24-13)23-9-17(19,20)21/h5-6,8,11-12,22H,7,9H2,1-4H3,(H,23,24)/t11-,12?/m0/s1. The van der Waals surface area contributed by atoms with Crippen LogP contribution in [-0.2, 0) is 9.31 Å². The number of rotatable bonds is 5. The summed E-state index contributed by atoms with van der Waals surface area (Å²) in [7, 11) is -0.346. The summed E-state index contributed by atoms with van der Waals surface area (Å²) in [6.45, 7) is 6.76. The maximum atomic E-state index is 12.5. The third-order valence-corrected chi connectivity index (χ3v) is 5.40. The average Bonchev–Trinajstić information content (AvgIpc) is 3.27. The van der Waals surface area contributed by atoms with E-state index in [1.54, 1.807) is 12.1 Å². The largest absolute Gasteiger partial charge is 0.461 e. The van der Waals surface area contributed by atoms with Gasteiger partial charge >= 0.3 is 13.3 Å². The second kappa shape index (κ2) is 6.23. The minimum absolute atomic E-state index is 0.0781. The van der Waals surface area contributed by atoms with E-state index >= 15 is 0 Å². The molecule has 2 N–H and O–H groups in total. The van der Waals surface area contributed by atoms with Crippen molar-refractivity contribution in [2.45, 2.75) is 63.2 Å². The molecule has 0 radical (unpaired) electrons. The van der Waals surface area contributed by atoms with Crippen molar-refractivity contribution in [3.05, 3.63) is 23.4 Å². The molecule has 0 spiro atoms. The zero-order valence-corrected chi connectivity index (χ0v) is 15.3. The molecule has 1 aromatic heterocycles. The van der Waals surface area contributed by atoms with Crippen molar-refractivity contribution < 1.29 is 22.5 Å². The number of hydrogen-bond donors (Lipinski definition) is 2. The van der Waals surface area contributed by atoms with E-state index in [0.29, 0.717) is 11.3 Å². The Labute approximate surface area is 151 Å². The second-order valence-corrected chi connectivity index (χ2v) is 7.92. The monoisotopic (exact) mass is 369 g/mol. The van der Waals surface area contributed by atoms with E-state index in [9.17, 15) is 13.2 Å². The van der Waals surface area contributed by atoms with Crippen LogP contribution in [0.5, 0.6) is 0 Å². The zero-order valence-electron chi connectivity index (χ0n) is 15.3. The quantitative estimate of drug-likeness (QED) is 0.608. The van der Waals surface area contributed by atoms with Gasteiger partial charge in [-0.05, 0) is 46.2 Å². The highest BCUT2D eigenvalue weighted by atomic mass is 19.4. The molecule has 0 amide bonds. The van der Waals surface area contributed by atoms with Gasteiger partial charge in [-0.25, -0.2) is 4.98 Å². The number of anilines is 1. The predicted octanol–water partition coefficient (Wildman–Crippen LogP) is 4.00. The van der Waals surface area contributed by atoms with Crippen LogP contribution in [0.25, 0.3) is 0 Å². The van der Waals surface area contributed by atoms with Gasteiger partial charge < -0.3 is 20.0 Å². The lowest BCUT2D eigenvalue weighted by Gasteiger charge is -2.32. The fourth-order valence-corrected chi connectivity index (χ4v) is 3.05. The fourth-order valence-electron chi connectivity index (χ4n) is 3.05. The van der Waals surface area contributed by atoms with Crippen LogP contribution in [0.4, 0.5) is 19.0 Å². The number of nitrogens with zero attached hydrogens (tertiary/aromatic N) is 1. The molecule has 1 aliphatic heterocycles. The molecule has 1 unspecified atom stereocenters. The highest BCUT2D eigenvalue weighted by Gasteiger charge is 2.60. The summed E-state index contributed by atoms with van der Waals surface area (Å²) in [6.07, 6.45) is -2.54. The molecule has 2 aliphatic rings. The lowest BCUT2D eigenvalue weighted by molar-refractivity contribution is -0.115. The van der Waals surface area contributed by atoms with E-state index < -0.39 is 23.9 Å². The van der Waals surface area contributed by atoms with Gasteiger partial charge in [-0.3, -0.25) is 0 Å². The first-order valence-electron chi connectivity index (χ1n) is 8.61. The first-order chi connectivity index (χ1) is 11.9. The van der Waals surface area contributed by atoms with Crippen LogP contribution in [0.15, 0.2) is 12.1 Å². The van der Waals surface area contributed by atoms with Gasteiger partial charge in [0.1, 0.15) is 12.4 Å². The van der Waals surface area contributed by atoms with Crippen LogP contribution in [-0.4, -0.2) is 42.2 Å². The van der Waals surface area contributed by atoms with Gasteiger partial charge in [-0.15, -0.1) is 0 Å². The smallest absolute Gasteiger partial charge is 0.403 e. The van der Waals surface area contributed by atoms with Gasteiger partial charge in [0.15, 0.2) is 0 Å². The van der Waals surface area contributed by atoms with Gasteiger partial charge in [0, 0.05) is 29.2 Å². The minimum Gasteiger partial charge on any atom is -0.403 e. The van der Waals surface area contributed by atoms with Crippen LogP contribution in [0, 0.1) is 5.41 Å². The molecule has 2 fully saturated rings. The Kier molecular flexibility index (Phi) is 4.59. The summed E-state index contributed by atoms with van der Waals surface area (Å²) in [5, 5.41) is 9.64. The molecule has 0 aromatic carbocycles. The van der Waals surface area contributed by atoms with E-state index in [1.165, 1.54) is 0 Å². The van der Waals surface area contributed by atoms with E-state index in [1.807, 2.05) is 27.7 Å².